The highest BCUT2D eigenvalue weighted by molar-refractivity contribution is 5.40. The van der Waals surface area contributed by atoms with Crippen LogP contribution in [-0.2, 0) is 16.1 Å². The monoisotopic (exact) mass is 281 g/mol. The fourth-order valence-corrected chi connectivity index (χ4v) is 2.47. The fourth-order valence-electron chi connectivity index (χ4n) is 2.47. The molecule has 1 atom stereocenters. The highest BCUT2D eigenvalue weighted by Gasteiger charge is 2.22. The van der Waals surface area contributed by atoms with Crippen molar-refractivity contribution in [3.8, 4) is 0 Å². The summed E-state index contributed by atoms with van der Waals surface area (Å²) in [6.07, 6.45) is 2.27. The van der Waals surface area contributed by atoms with Crippen molar-refractivity contribution in [2.75, 3.05) is 38.3 Å². The summed E-state index contributed by atoms with van der Waals surface area (Å²) in [4.78, 5) is 11.1. The van der Waals surface area contributed by atoms with E-state index in [-0.39, 0.29) is 12.7 Å². The van der Waals surface area contributed by atoms with Gasteiger partial charge in [0.05, 0.1) is 19.3 Å². The van der Waals surface area contributed by atoms with E-state index in [0.29, 0.717) is 19.0 Å². The van der Waals surface area contributed by atoms with Gasteiger partial charge in [0, 0.05) is 32.0 Å². The zero-order valence-corrected chi connectivity index (χ0v) is 12.2. The van der Waals surface area contributed by atoms with Crippen molar-refractivity contribution in [1.29, 1.82) is 0 Å². The molecule has 0 aromatic carbocycles. The number of nitrogens with zero attached hydrogens (tertiary/aromatic N) is 3. The van der Waals surface area contributed by atoms with Crippen LogP contribution in [0.3, 0.4) is 0 Å². The lowest BCUT2D eigenvalue weighted by molar-refractivity contribution is 0.0213. The lowest BCUT2D eigenvalue weighted by Crippen LogP contribution is -2.40. The van der Waals surface area contributed by atoms with Crippen LogP contribution in [0.2, 0.25) is 0 Å². The van der Waals surface area contributed by atoms with Crippen LogP contribution in [0, 0.1) is 6.92 Å². The van der Waals surface area contributed by atoms with Crippen molar-refractivity contribution in [3.05, 3.63) is 17.6 Å². The Morgan fingerprint density at radius 1 is 1.45 bits per heavy atom. The average Bonchev–Trinajstić information content (AvgIpc) is 2.45. The number of aryl methyl sites for hydroxylation is 1. The smallest absolute Gasteiger partial charge is 0.156 e. The Bertz CT molecular complexity index is 428. The molecule has 6 heteroatoms. The van der Waals surface area contributed by atoms with Gasteiger partial charge in [0.15, 0.2) is 5.82 Å². The van der Waals surface area contributed by atoms with Crippen LogP contribution in [0.25, 0.3) is 0 Å². The fraction of sp³-hybridized carbons (Fsp3) is 0.714. The molecule has 1 saturated heterocycles. The first-order valence-corrected chi connectivity index (χ1v) is 7.04. The van der Waals surface area contributed by atoms with Crippen molar-refractivity contribution >= 4 is 5.82 Å². The van der Waals surface area contributed by atoms with E-state index in [1.54, 1.807) is 7.11 Å². The minimum atomic E-state index is 0.0705. The standard InChI is InChI=1S/C14H23N3O3/c1-11-8-14(16-13(15-11)10-19-2)17-5-3-4-12(9-17)20-7-6-18/h8,12,18H,3-7,9-10H2,1-2H3. The van der Waals surface area contributed by atoms with Crippen LogP contribution in [0.15, 0.2) is 6.07 Å². The van der Waals surface area contributed by atoms with Gasteiger partial charge < -0.3 is 19.5 Å². The molecule has 20 heavy (non-hydrogen) atoms. The van der Waals surface area contributed by atoms with Crippen molar-refractivity contribution in [2.45, 2.75) is 32.5 Å². The second-order valence-electron chi connectivity index (χ2n) is 5.02. The van der Waals surface area contributed by atoms with Gasteiger partial charge in [0.1, 0.15) is 12.4 Å². The molecule has 1 aromatic rings. The molecule has 1 N–H and O–H groups in total. The number of methoxy groups -OCH3 is 1. The van der Waals surface area contributed by atoms with E-state index in [1.807, 2.05) is 13.0 Å². The number of piperidine rings is 1. The molecule has 0 amide bonds. The molecular formula is C14H23N3O3. The van der Waals surface area contributed by atoms with Crippen molar-refractivity contribution in [2.24, 2.45) is 0 Å². The summed E-state index contributed by atoms with van der Waals surface area (Å²) < 4.78 is 10.7. The third-order valence-electron chi connectivity index (χ3n) is 3.31. The lowest BCUT2D eigenvalue weighted by Gasteiger charge is -2.33. The molecule has 1 aliphatic heterocycles. The van der Waals surface area contributed by atoms with E-state index < -0.39 is 0 Å². The van der Waals surface area contributed by atoms with Gasteiger partial charge in [-0.15, -0.1) is 0 Å². The summed E-state index contributed by atoms with van der Waals surface area (Å²) in [5.41, 5.74) is 0.945. The van der Waals surface area contributed by atoms with Gasteiger partial charge in [-0.1, -0.05) is 0 Å². The average molecular weight is 281 g/mol. The van der Waals surface area contributed by atoms with Gasteiger partial charge in [-0.2, -0.15) is 0 Å². The number of rotatable bonds is 6. The van der Waals surface area contributed by atoms with E-state index in [2.05, 4.69) is 14.9 Å². The maximum atomic E-state index is 8.84. The van der Waals surface area contributed by atoms with E-state index >= 15 is 0 Å². The summed E-state index contributed by atoms with van der Waals surface area (Å²) in [6, 6.07) is 1.99. The Hall–Kier alpha value is -1.24. The van der Waals surface area contributed by atoms with E-state index in [0.717, 1.165) is 37.4 Å². The number of aliphatic hydroxyl groups is 1. The second-order valence-corrected chi connectivity index (χ2v) is 5.02. The summed E-state index contributed by atoms with van der Waals surface area (Å²) in [5, 5.41) is 8.84. The molecule has 6 nitrogen and oxygen atoms in total. The summed E-state index contributed by atoms with van der Waals surface area (Å²) in [7, 11) is 1.64. The number of hydrogen-bond donors (Lipinski definition) is 1. The number of aliphatic hydroxyl groups excluding tert-OH is 1. The molecule has 0 spiro atoms. The molecule has 1 unspecified atom stereocenters. The van der Waals surface area contributed by atoms with Gasteiger partial charge in [-0.25, -0.2) is 9.97 Å². The first kappa shape index (κ1) is 15.2. The molecular weight excluding hydrogens is 258 g/mol. The molecule has 1 aromatic heterocycles. The van der Waals surface area contributed by atoms with E-state index in [9.17, 15) is 0 Å². The quantitative estimate of drug-likeness (QED) is 0.836. The molecule has 1 aliphatic rings. The Morgan fingerprint density at radius 2 is 2.30 bits per heavy atom. The minimum absolute atomic E-state index is 0.0705. The van der Waals surface area contributed by atoms with Crippen LogP contribution >= 0.6 is 0 Å². The number of anilines is 1. The van der Waals surface area contributed by atoms with Gasteiger partial charge >= 0.3 is 0 Å². The molecule has 1 fully saturated rings. The summed E-state index contributed by atoms with van der Waals surface area (Å²) in [6.45, 7) is 4.64. The zero-order valence-electron chi connectivity index (χ0n) is 12.2. The second kappa shape index (κ2) is 7.52. The third kappa shape index (κ3) is 4.13. The summed E-state index contributed by atoms with van der Waals surface area (Å²) in [5.74, 6) is 1.64. The normalized spacial score (nSPS) is 19.4. The Labute approximate surface area is 119 Å². The number of aromatic nitrogens is 2. The van der Waals surface area contributed by atoms with Gasteiger partial charge in [0.2, 0.25) is 0 Å². The van der Waals surface area contributed by atoms with Crippen LogP contribution in [0.5, 0.6) is 0 Å². The highest BCUT2D eigenvalue weighted by atomic mass is 16.5. The topological polar surface area (TPSA) is 67.7 Å². The Kier molecular flexibility index (Phi) is 5.70. The highest BCUT2D eigenvalue weighted by Crippen LogP contribution is 2.20. The van der Waals surface area contributed by atoms with Crippen molar-refractivity contribution in [1.82, 2.24) is 9.97 Å². The third-order valence-corrected chi connectivity index (χ3v) is 3.31. The predicted octanol–water partition coefficient (Wildman–Crippen LogP) is 0.909. The Morgan fingerprint density at radius 3 is 3.05 bits per heavy atom. The molecule has 2 rings (SSSR count). The maximum absolute atomic E-state index is 8.84. The van der Waals surface area contributed by atoms with Crippen LogP contribution in [0.1, 0.15) is 24.4 Å². The molecule has 0 radical (unpaired) electrons. The molecule has 112 valence electrons. The van der Waals surface area contributed by atoms with Gasteiger partial charge in [0.25, 0.3) is 0 Å². The first-order valence-electron chi connectivity index (χ1n) is 7.04. The van der Waals surface area contributed by atoms with Crippen LogP contribution in [-0.4, -0.2) is 54.6 Å². The van der Waals surface area contributed by atoms with E-state index in [4.69, 9.17) is 14.6 Å². The molecule has 0 bridgehead atoms. The summed E-state index contributed by atoms with van der Waals surface area (Å²) >= 11 is 0. The lowest BCUT2D eigenvalue weighted by atomic mass is 10.1. The van der Waals surface area contributed by atoms with Crippen LogP contribution < -0.4 is 4.90 Å². The minimum Gasteiger partial charge on any atom is -0.394 e. The number of ether oxygens (including phenoxy) is 2. The first-order chi connectivity index (χ1) is 9.72. The maximum Gasteiger partial charge on any atom is 0.156 e. The van der Waals surface area contributed by atoms with Crippen molar-refractivity contribution < 1.29 is 14.6 Å². The largest absolute Gasteiger partial charge is 0.394 e. The molecule has 2 heterocycles. The van der Waals surface area contributed by atoms with Gasteiger partial charge in [-0.3, -0.25) is 0 Å². The zero-order chi connectivity index (χ0) is 14.4. The molecule has 0 aliphatic carbocycles. The Balaban J connectivity index is 2.05. The van der Waals surface area contributed by atoms with Gasteiger partial charge in [-0.05, 0) is 19.8 Å². The molecule has 0 saturated carbocycles. The van der Waals surface area contributed by atoms with Crippen LogP contribution in [0.4, 0.5) is 5.82 Å². The van der Waals surface area contributed by atoms with Crippen molar-refractivity contribution in [3.63, 3.8) is 0 Å². The van der Waals surface area contributed by atoms with E-state index in [1.165, 1.54) is 0 Å². The number of hydrogen-bond acceptors (Lipinski definition) is 6. The predicted molar refractivity (Wildman–Crippen MR) is 75.8 cm³/mol. The SMILES string of the molecule is COCc1nc(C)cc(N2CCCC(OCCO)C2)n1.